The van der Waals surface area contributed by atoms with E-state index in [0.717, 1.165) is 5.56 Å². The quantitative estimate of drug-likeness (QED) is 0.636. The fraction of sp³-hybridized carbons (Fsp3) is 0.150. The third-order valence-corrected chi connectivity index (χ3v) is 4.56. The number of nitrogens with zero attached hydrogens (tertiary/aromatic N) is 1. The van der Waals surface area contributed by atoms with Crippen LogP contribution in [0.5, 0.6) is 11.5 Å². The number of nitrogens with one attached hydrogen (secondary N) is 2. The van der Waals surface area contributed by atoms with Gasteiger partial charge in [-0.05, 0) is 5.56 Å². The Kier molecular flexibility index (Phi) is 6.23. The van der Waals surface area contributed by atoms with Gasteiger partial charge in [0.15, 0.2) is 5.13 Å². The molecule has 0 aliphatic carbocycles. The van der Waals surface area contributed by atoms with E-state index in [1.165, 1.54) is 25.6 Å². The molecule has 144 valence electrons. The van der Waals surface area contributed by atoms with Crippen LogP contribution < -0.4 is 20.1 Å². The van der Waals surface area contributed by atoms with Crippen molar-refractivity contribution < 1.29 is 19.1 Å². The molecule has 7 nitrogen and oxygen atoms in total. The van der Waals surface area contributed by atoms with Crippen molar-refractivity contribution in [1.82, 2.24) is 4.98 Å². The summed E-state index contributed by atoms with van der Waals surface area (Å²) in [6.07, 6.45) is 0.242. The molecule has 2 aromatic carbocycles. The number of aromatic nitrogens is 1. The van der Waals surface area contributed by atoms with Crippen LogP contribution in [0.4, 0.5) is 10.8 Å². The summed E-state index contributed by atoms with van der Waals surface area (Å²) >= 11 is 1.19. The monoisotopic (exact) mass is 397 g/mol. The Bertz CT molecular complexity index is 950. The zero-order valence-corrected chi connectivity index (χ0v) is 16.2. The van der Waals surface area contributed by atoms with Crippen LogP contribution >= 0.6 is 11.3 Å². The van der Waals surface area contributed by atoms with Gasteiger partial charge in [0, 0.05) is 29.3 Å². The first-order valence-electron chi connectivity index (χ1n) is 8.41. The number of anilines is 2. The molecule has 0 unspecified atom stereocenters. The van der Waals surface area contributed by atoms with E-state index in [0.29, 0.717) is 22.3 Å². The van der Waals surface area contributed by atoms with Crippen molar-refractivity contribution in [3.63, 3.8) is 0 Å². The number of carbonyl (C=O) groups is 2. The Balaban J connectivity index is 1.63. The largest absolute Gasteiger partial charge is 0.497 e. The Labute approximate surface area is 166 Å². The van der Waals surface area contributed by atoms with Gasteiger partial charge in [-0.1, -0.05) is 30.3 Å². The molecule has 0 aliphatic heterocycles. The van der Waals surface area contributed by atoms with Crippen molar-refractivity contribution in [2.24, 2.45) is 0 Å². The molecule has 0 saturated carbocycles. The number of methoxy groups -OCH3 is 2. The van der Waals surface area contributed by atoms with Gasteiger partial charge in [0.1, 0.15) is 17.2 Å². The number of benzene rings is 2. The molecule has 0 spiro atoms. The van der Waals surface area contributed by atoms with Crippen LogP contribution in [0.1, 0.15) is 16.1 Å². The third-order valence-electron chi connectivity index (χ3n) is 3.80. The standard InChI is InChI=1S/C20H19N3O4S/c1-26-15-9-14(10-16(11-15)27-2)21-19(25)17-12-28-20(22-17)23-18(24)8-13-6-4-3-5-7-13/h3-7,9-12H,8H2,1-2H3,(H,21,25)(H,22,23,24). The van der Waals surface area contributed by atoms with Crippen LogP contribution in [-0.2, 0) is 11.2 Å². The van der Waals surface area contributed by atoms with Crippen molar-refractivity contribution in [2.45, 2.75) is 6.42 Å². The lowest BCUT2D eigenvalue weighted by atomic mass is 10.1. The summed E-state index contributed by atoms with van der Waals surface area (Å²) < 4.78 is 10.4. The molecule has 0 bridgehead atoms. The molecule has 28 heavy (non-hydrogen) atoms. The normalized spacial score (nSPS) is 10.2. The molecular weight excluding hydrogens is 378 g/mol. The first-order chi connectivity index (χ1) is 13.6. The summed E-state index contributed by atoms with van der Waals surface area (Å²) in [7, 11) is 3.07. The SMILES string of the molecule is COc1cc(NC(=O)c2csc(NC(=O)Cc3ccccc3)n2)cc(OC)c1. The van der Waals surface area contributed by atoms with Gasteiger partial charge in [-0.25, -0.2) is 4.98 Å². The number of rotatable bonds is 7. The predicted octanol–water partition coefficient (Wildman–Crippen LogP) is 3.59. The highest BCUT2D eigenvalue weighted by Crippen LogP contribution is 2.26. The highest BCUT2D eigenvalue weighted by Gasteiger charge is 2.14. The van der Waals surface area contributed by atoms with E-state index in [2.05, 4.69) is 15.6 Å². The fourth-order valence-corrected chi connectivity index (χ4v) is 3.16. The molecule has 2 N–H and O–H groups in total. The molecule has 0 aliphatic rings. The van der Waals surface area contributed by atoms with E-state index in [1.807, 2.05) is 30.3 Å². The van der Waals surface area contributed by atoms with Gasteiger partial charge in [0.25, 0.3) is 5.91 Å². The molecule has 0 saturated heterocycles. The Morgan fingerprint density at radius 1 is 1.00 bits per heavy atom. The van der Waals surface area contributed by atoms with E-state index >= 15 is 0 Å². The summed E-state index contributed by atoms with van der Waals surface area (Å²) in [4.78, 5) is 28.7. The lowest BCUT2D eigenvalue weighted by molar-refractivity contribution is -0.115. The number of amides is 2. The molecule has 8 heteroatoms. The molecule has 2 amide bonds. The second-order valence-corrected chi connectivity index (χ2v) is 6.66. The van der Waals surface area contributed by atoms with E-state index in [1.54, 1.807) is 23.6 Å². The molecule has 0 atom stereocenters. The second-order valence-electron chi connectivity index (χ2n) is 5.80. The molecular formula is C20H19N3O4S. The van der Waals surface area contributed by atoms with Gasteiger partial charge in [0.05, 0.1) is 20.6 Å². The van der Waals surface area contributed by atoms with Gasteiger partial charge in [-0.3, -0.25) is 9.59 Å². The van der Waals surface area contributed by atoms with Gasteiger partial charge in [-0.2, -0.15) is 0 Å². The summed E-state index contributed by atoms with van der Waals surface area (Å²) in [6, 6.07) is 14.5. The highest BCUT2D eigenvalue weighted by molar-refractivity contribution is 7.14. The summed E-state index contributed by atoms with van der Waals surface area (Å²) in [5.74, 6) is 0.531. The number of hydrogen-bond donors (Lipinski definition) is 2. The first kappa shape index (κ1) is 19.4. The topological polar surface area (TPSA) is 89.6 Å². The first-order valence-corrected chi connectivity index (χ1v) is 9.29. The van der Waals surface area contributed by atoms with Crippen LogP contribution in [0.2, 0.25) is 0 Å². The molecule has 3 aromatic rings. The minimum absolute atomic E-state index is 0.190. The molecule has 1 aromatic heterocycles. The number of carbonyl (C=O) groups excluding carboxylic acids is 2. The highest BCUT2D eigenvalue weighted by atomic mass is 32.1. The molecule has 1 heterocycles. The Hall–Kier alpha value is -3.39. The summed E-state index contributed by atoms with van der Waals surface area (Å²) in [5.41, 5.74) is 1.63. The minimum atomic E-state index is -0.393. The lowest BCUT2D eigenvalue weighted by Gasteiger charge is -2.09. The summed E-state index contributed by atoms with van der Waals surface area (Å²) in [6.45, 7) is 0. The van der Waals surface area contributed by atoms with Crippen LogP contribution in [0.3, 0.4) is 0 Å². The van der Waals surface area contributed by atoms with E-state index in [9.17, 15) is 9.59 Å². The molecule has 0 fully saturated rings. The fourth-order valence-electron chi connectivity index (χ4n) is 2.45. The van der Waals surface area contributed by atoms with Crippen molar-refractivity contribution in [2.75, 3.05) is 24.9 Å². The Morgan fingerprint density at radius 3 is 2.32 bits per heavy atom. The maximum absolute atomic E-state index is 12.4. The zero-order valence-electron chi connectivity index (χ0n) is 15.4. The van der Waals surface area contributed by atoms with Crippen LogP contribution in [0.25, 0.3) is 0 Å². The summed E-state index contributed by atoms with van der Waals surface area (Å²) in [5, 5.41) is 7.42. The smallest absolute Gasteiger partial charge is 0.275 e. The van der Waals surface area contributed by atoms with Gasteiger partial charge in [-0.15, -0.1) is 11.3 Å². The molecule has 3 rings (SSSR count). The van der Waals surface area contributed by atoms with E-state index < -0.39 is 5.91 Å². The van der Waals surface area contributed by atoms with Crippen molar-refractivity contribution >= 4 is 34.0 Å². The van der Waals surface area contributed by atoms with Gasteiger partial charge >= 0.3 is 0 Å². The zero-order chi connectivity index (χ0) is 19.9. The number of ether oxygens (including phenoxy) is 2. The van der Waals surface area contributed by atoms with Crippen molar-refractivity contribution in [3.05, 3.63) is 65.2 Å². The third kappa shape index (κ3) is 5.08. The average molecular weight is 397 g/mol. The predicted molar refractivity (Wildman–Crippen MR) is 108 cm³/mol. The van der Waals surface area contributed by atoms with Crippen LogP contribution in [0.15, 0.2) is 53.9 Å². The second kappa shape index (κ2) is 9.01. The van der Waals surface area contributed by atoms with E-state index in [-0.39, 0.29) is 18.0 Å². The average Bonchev–Trinajstić information content (AvgIpc) is 3.16. The maximum atomic E-state index is 12.4. The maximum Gasteiger partial charge on any atom is 0.275 e. The van der Waals surface area contributed by atoms with Crippen molar-refractivity contribution in [3.8, 4) is 11.5 Å². The Morgan fingerprint density at radius 2 is 1.68 bits per heavy atom. The van der Waals surface area contributed by atoms with Gasteiger partial charge in [0.2, 0.25) is 5.91 Å². The lowest BCUT2D eigenvalue weighted by Crippen LogP contribution is -2.15. The van der Waals surface area contributed by atoms with Crippen molar-refractivity contribution in [1.29, 1.82) is 0 Å². The van der Waals surface area contributed by atoms with Crippen LogP contribution in [-0.4, -0.2) is 31.0 Å². The minimum Gasteiger partial charge on any atom is -0.497 e. The van der Waals surface area contributed by atoms with Gasteiger partial charge < -0.3 is 20.1 Å². The van der Waals surface area contributed by atoms with E-state index in [4.69, 9.17) is 9.47 Å². The number of thiazole rings is 1. The molecule has 0 radical (unpaired) electrons. The van der Waals surface area contributed by atoms with Crippen LogP contribution in [0, 0.1) is 0 Å². The number of hydrogen-bond acceptors (Lipinski definition) is 6.